The summed E-state index contributed by atoms with van der Waals surface area (Å²) in [5.41, 5.74) is 0. The molecule has 0 amide bonds. The van der Waals surface area contributed by atoms with Gasteiger partial charge in [-0.15, -0.1) is 0 Å². The summed E-state index contributed by atoms with van der Waals surface area (Å²) < 4.78 is 0. The number of hydrogen-bond donors (Lipinski definition) is 1. The lowest BCUT2D eigenvalue weighted by Crippen LogP contribution is -2.53. The van der Waals surface area contributed by atoms with Gasteiger partial charge in [-0.1, -0.05) is 12.8 Å². The van der Waals surface area contributed by atoms with E-state index in [1.54, 1.807) is 0 Å². The summed E-state index contributed by atoms with van der Waals surface area (Å²) in [6, 6.07) is 1.33. The Hall–Kier alpha value is -0.0800. The van der Waals surface area contributed by atoms with Crippen molar-refractivity contribution in [2.24, 2.45) is 5.92 Å². The van der Waals surface area contributed by atoms with Gasteiger partial charge in [0.1, 0.15) is 0 Å². The van der Waals surface area contributed by atoms with E-state index in [4.69, 9.17) is 0 Å². The number of rotatable bonds is 1. The Balaban J connectivity index is 1.72. The highest BCUT2D eigenvalue weighted by Crippen LogP contribution is 2.39. The lowest BCUT2D eigenvalue weighted by Gasteiger charge is -2.47. The van der Waals surface area contributed by atoms with Crippen molar-refractivity contribution < 1.29 is 5.11 Å². The van der Waals surface area contributed by atoms with Gasteiger partial charge < -0.3 is 5.11 Å². The van der Waals surface area contributed by atoms with Crippen LogP contribution < -0.4 is 0 Å². The Morgan fingerprint density at radius 1 is 0.750 bits per heavy atom. The van der Waals surface area contributed by atoms with Crippen LogP contribution >= 0.6 is 0 Å². The van der Waals surface area contributed by atoms with E-state index in [0.29, 0.717) is 6.04 Å². The van der Waals surface area contributed by atoms with Crippen molar-refractivity contribution in [1.29, 1.82) is 0 Å². The minimum Gasteiger partial charge on any atom is -0.391 e. The Bertz CT molecular complexity index is 241. The van der Waals surface area contributed by atoms with Crippen LogP contribution in [0.2, 0.25) is 0 Å². The van der Waals surface area contributed by atoms with Crippen molar-refractivity contribution in [2.75, 3.05) is 6.54 Å². The molecule has 3 rings (SSSR count). The Labute approximate surface area is 99.0 Å². The van der Waals surface area contributed by atoms with Crippen LogP contribution in [0, 0.1) is 5.92 Å². The molecule has 1 heterocycles. The standard InChI is InChI=1S/C14H25NO/c16-14-9-3-8-13(14)15-10-4-6-11-5-1-2-7-12(11)15/h11-14,16H,1-10H2/t11?,12?,13-,14-/m1/s1. The molecule has 0 aromatic carbocycles. The molecule has 1 saturated heterocycles. The maximum atomic E-state index is 10.1. The minimum atomic E-state index is -0.0272. The zero-order valence-electron chi connectivity index (χ0n) is 10.3. The summed E-state index contributed by atoms with van der Waals surface area (Å²) in [7, 11) is 0. The molecule has 2 saturated carbocycles. The number of aliphatic hydroxyl groups excluding tert-OH is 1. The molecule has 92 valence electrons. The van der Waals surface area contributed by atoms with E-state index in [9.17, 15) is 5.11 Å². The molecular weight excluding hydrogens is 198 g/mol. The number of piperidine rings is 1. The van der Waals surface area contributed by atoms with Crippen LogP contribution in [0.4, 0.5) is 0 Å². The third-order valence-corrected chi connectivity index (χ3v) is 5.16. The van der Waals surface area contributed by atoms with Crippen LogP contribution in [0.25, 0.3) is 0 Å². The predicted octanol–water partition coefficient (Wildman–Crippen LogP) is 2.55. The topological polar surface area (TPSA) is 23.5 Å². The third kappa shape index (κ3) is 1.91. The summed E-state index contributed by atoms with van der Waals surface area (Å²) in [6.07, 6.45) is 12.0. The first-order valence-corrected chi connectivity index (χ1v) is 7.30. The second kappa shape index (κ2) is 4.66. The fourth-order valence-electron chi connectivity index (χ4n) is 4.38. The van der Waals surface area contributed by atoms with Gasteiger partial charge in [0, 0.05) is 12.1 Å². The van der Waals surface area contributed by atoms with Gasteiger partial charge in [0.15, 0.2) is 0 Å². The first-order valence-electron chi connectivity index (χ1n) is 7.30. The van der Waals surface area contributed by atoms with E-state index in [2.05, 4.69) is 4.90 Å². The molecule has 4 atom stereocenters. The van der Waals surface area contributed by atoms with Crippen LogP contribution in [0.5, 0.6) is 0 Å². The van der Waals surface area contributed by atoms with Crippen molar-refractivity contribution in [3.8, 4) is 0 Å². The minimum absolute atomic E-state index is 0.0272. The SMILES string of the molecule is O[C@@H]1CCC[C@H]1N1CCCC2CCCCC21. The summed E-state index contributed by atoms with van der Waals surface area (Å²) in [4.78, 5) is 2.70. The highest BCUT2D eigenvalue weighted by Gasteiger charge is 2.40. The maximum Gasteiger partial charge on any atom is 0.0695 e. The second-order valence-electron chi connectivity index (χ2n) is 6.06. The Kier molecular flexibility index (Phi) is 3.21. The number of aliphatic hydroxyl groups is 1. The lowest BCUT2D eigenvalue weighted by molar-refractivity contribution is -0.0143. The predicted molar refractivity (Wildman–Crippen MR) is 65.3 cm³/mol. The van der Waals surface area contributed by atoms with Crippen molar-refractivity contribution in [3.05, 3.63) is 0 Å². The van der Waals surface area contributed by atoms with Crippen LogP contribution in [-0.2, 0) is 0 Å². The van der Waals surface area contributed by atoms with Gasteiger partial charge in [0.05, 0.1) is 6.10 Å². The van der Waals surface area contributed by atoms with Gasteiger partial charge >= 0.3 is 0 Å². The van der Waals surface area contributed by atoms with Crippen molar-refractivity contribution in [3.63, 3.8) is 0 Å². The largest absolute Gasteiger partial charge is 0.391 e. The van der Waals surface area contributed by atoms with Gasteiger partial charge in [-0.05, 0) is 57.4 Å². The summed E-state index contributed by atoms with van der Waals surface area (Å²) in [5.74, 6) is 0.954. The van der Waals surface area contributed by atoms with Gasteiger partial charge in [0.2, 0.25) is 0 Å². The summed E-state index contributed by atoms with van der Waals surface area (Å²) in [5, 5.41) is 10.1. The van der Waals surface area contributed by atoms with Crippen molar-refractivity contribution in [1.82, 2.24) is 4.90 Å². The van der Waals surface area contributed by atoms with Crippen molar-refractivity contribution >= 4 is 0 Å². The zero-order chi connectivity index (χ0) is 11.0. The molecule has 0 bridgehead atoms. The van der Waals surface area contributed by atoms with E-state index in [0.717, 1.165) is 18.4 Å². The molecular formula is C14H25NO. The number of hydrogen-bond acceptors (Lipinski definition) is 2. The van der Waals surface area contributed by atoms with Crippen molar-refractivity contribution in [2.45, 2.75) is 76.0 Å². The van der Waals surface area contributed by atoms with E-state index in [1.807, 2.05) is 0 Å². The highest BCUT2D eigenvalue weighted by molar-refractivity contribution is 4.94. The molecule has 3 aliphatic rings. The second-order valence-corrected chi connectivity index (χ2v) is 6.06. The molecule has 16 heavy (non-hydrogen) atoms. The molecule has 3 fully saturated rings. The van der Waals surface area contributed by atoms with Crippen LogP contribution in [0.15, 0.2) is 0 Å². The summed E-state index contributed by atoms with van der Waals surface area (Å²) >= 11 is 0. The first kappa shape index (κ1) is 11.0. The highest BCUT2D eigenvalue weighted by atomic mass is 16.3. The fourth-order valence-corrected chi connectivity index (χ4v) is 4.38. The van der Waals surface area contributed by atoms with Gasteiger partial charge in [-0.25, -0.2) is 0 Å². The van der Waals surface area contributed by atoms with E-state index >= 15 is 0 Å². The molecule has 1 N–H and O–H groups in total. The first-order chi connectivity index (χ1) is 7.86. The third-order valence-electron chi connectivity index (χ3n) is 5.16. The number of nitrogens with zero attached hydrogens (tertiary/aromatic N) is 1. The van der Waals surface area contributed by atoms with Gasteiger partial charge in [-0.3, -0.25) is 4.90 Å². The molecule has 0 radical (unpaired) electrons. The number of fused-ring (bicyclic) bond motifs is 1. The molecule has 0 spiro atoms. The molecule has 2 heteroatoms. The fraction of sp³-hybridized carbons (Fsp3) is 1.00. The molecule has 2 aliphatic carbocycles. The van der Waals surface area contributed by atoms with Gasteiger partial charge in [0.25, 0.3) is 0 Å². The van der Waals surface area contributed by atoms with Crippen LogP contribution in [0.1, 0.15) is 57.8 Å². The van der Waals surface area contributed by atoms with E-state index in [-0.39, 0.29) is 6.10 Å². The smallest absolute Gasteiger partial charge is 0.0695 e. The number of likely N-dealkylation sites (tertiary alicyclic amines) is 1. The van der Waals surface area contributed by atoms with E-state index in [1.165, 1.54) is 57.9 Å². The molecule has 0 aromatic heterocycles. The van der Waals surface area contributed by atoms with Gasteiger partial charge in [-0.2, -0.15) is 0 Å². The monoisotopic (exact) mass is 223 g/mol. The molecule has 1 aliphatic heterocycles. The lowest BCUT2D eigenvalue weighted by atomic mass is 9.77. The molecule has 2 unspecified atom stereocenters. The average molecular weight is 223 g/mol. The van der Waals surface area contributed by atoms with Crippen LogP contribution in [-0.4, -0.2) is 34.7 Å². The van der Waals surface area contributed by atoms with E-state index < -0.39 is 0 Å². The normalized spacial score (nSPS) is 45.6. The Morgan fingerprint density at radius 3 is 2.31 bits per heavy atom. The Morgan fingerprint density at radius 2 is 1.50 bits per heavy atom. The average Bonchev–Trinajstić information content (AvgIpc) is 2.75. The quantitative estimate of drug-likeness (QED) is 0.738. The zero-order valence-corrected chi connectivity index (χ0v) is 10.3. The molecule has 0 aromatic rings. The van der Waals surface area contributed by atoms with Crippen LogP contribution in [0.3, 0.4) is 0 Å². The maximum absolute atomic E-state index is 10.1. The summed E-state index contributed by atoms with van der Waals surface area (Å²) in [6.45, 7) is 1.25. The molecule has 2 nitrogen and oxygen atoms in total.